The number of rotatable bonds is 1. The van der Waals surface area contributed by atoms with Crippen LogP contribution in [0.25, 0.3) is 0 Å². The molecule has 0 aromatic carbocycles. The summed E-state index contributed by atoms with van der Waals surface area (Å²) in [5, 5.41) is 0. The van der Waals surface area contributed by atoms with Gasteiger partial charge in [0.15, 0.2) is 12.6 Å². The number of ether oxygens (including phenoxy) is 4. The lowest BCUT2D eigenvalue weighted by molar-refractivity contribution is -0.281. The first-order chi connectivity index (χ1) is 9.18. The highest BCUT2D eigenvalue weighted by Gasteiger charge is 2.38. The summed E-state index contributed by atoms with van der Waals surface area (Å²) in [4.78, 5) is 0. The molecule has 0 N–H and O–H groups in total. The second kappa shape index (κ2) is 5.91. The highest BCUT2D eigenvalue weighted by Crippen LogP contribution is 2.33. The zero-order valence-electron chi connectivity index (χ0n) is 13.8. The molecule has 118 valence electrons. The van der Waals surface area contributed by atoms with Crippen molar-refractivity contribution in [3.05, 3.63) is 0 Å². The summed E-state index contributed by atoms with van der Waals surface area (Å²) in [6.45, 7) is 15.8. The molecule has 2 saturated heterocycles. The molecule has 0 amide bonds. The van der Waals surface area contributed by atoms with Gasteiger partial charge >= 0.3 is 0 Å². The summed E-state index contributed by atoms with van der Waals surface area (Å²) in [5.41, 5.74) is 0.0593. The molecule has 2 fully saturated rings. The van der Waals surface area contributed by atoms with Gasteiger partial charge in [0.05, 0.1) is 26.4 Å². The van der Waals surface area contributed by atoms with Gasteiger partial charge in [-0.3, -0.25) is 0 Å². The van der Waals surface area contributed by atoms with Gasteiger partial charge in [-0.25, -0.2) is 0 Å². The van der Waals surface area contributed by atoms with E-state index in [-0.39, 0.29) is 23.4 Å². The predicted octanol–water partition coefficient (Wildman–Crippen LogP) is 3.06. The van der Waals surface area contributed by atoms with E-state index in [1.807, 2.05) is 0 Å². The summed E-state index contributed by atoms with van der Waals surface area (Å²) in [7, 11) is 0. The van der Waals surface area contributed by atoms with E-state index in [0.717, 1.165) is 26.4 Å². The van der Waals surface area contributed by atoms with Crippen LogP contribution in [-0.4, -0.2) is 39.0 Å². The topological polar surface area (TPSA) is 36.9 Å². The molecule has 0 aromatic heterocycles. The Kier molecular flexibility index (Phi) is 4.80. The first-order valence-corrected chi connectivity index (χ1v) is 7.64. The van der Waals surface area contributed by atoms with E-state index in [0.29, 0.717) is 11.8 Å². The molecule has 2 aliphatic heterocycles. The lowest BCUT2D eigenvalue weighted by atomic mass is 9.90. The van der Waals surface area contributed by atoms with Gasteiger partial charge in [0.2, 0.25) is 0 Å². The van der Waals surface area contributed by atoms with Gasteiger partial charge in [-0.2, -0.15) is 0 Å². The van der Waals surface area contributed by atoms with Crippen molar-refractivity contribution in [2.45, 2.75) is 54.1 Å². The Labute approximate surface area is 123 Å². The Balaban J connectivity index is 1.79. The first-order valence-electron chi connectivity index (χ1n) is 7.64. The van der Waals surface area contributed by atoms with Crippen LogP contribution in [0, 0.1) is 22.7 Å². The molecule has 4 nitrogen and oxygen atoms in total. The molecule has 20 heavy (non-hydrogen) atoms. The third kappa shape index (κ3) is 3.94. The van der Waals surface area contributed by atoms with E-state index in [4.69, 9.17) is 18.9 Å². The van der Waals surface area contributed by atoms with Crippen LogP contribution < -0.4 is 0 Å². The van der Waals surface area contributed by atoms with Crippen LogP contribution in [0.2, 0.25) is 0 Å². The van der Waals surface area contributed by atoms with Crippen molar-refractivity contribution in [2.75, 3.05) is 26.4 Å². The summed E-state index contributed by atoms with van der Waals surface area (Å²) in [5.74, 6) is 0.740. The SMILES string of the molecule is CC(C)(C)C1OCC(C2COC(C(C)(C)C)OC2)CO1. The maximum absolute atomic E-state index is 5.87. The summed E-state index contributed by atoms with van der Waals surface area (Å²) in [6, 6.07) is 0. The molecule has 0 radical (unpaired) electrons. The molecule has 2 aliphatic rings. The zero-order chi connectivity index (χ0) is 15.0. The van der Waals surface area contributed by atoms with E-state index in [2.05, 4.69) is 41.5 Å². The fourth-order valence-electron chi connectivity index (χ4n) is 2.58. The Bertz CT molecular complexity index is 267. The maximum Gasteiger partial charge on any atom is 0.162 e. The maximum atomic E-state index is 5.87. The van der Waals surface area contributed by atoms with Crippen molar-refractivity contribution in [3.8, 4) is 0 Å². The summed E-state index contributed by atoms with van der Waals surface area (Å²) >= 11 is 0. The zero-order valence-corrected chi connectivity index (χ0v) is 13.8. The van der Waals surface area contributed by atoms with Gasteiger partial charge in [-0.1, -0.05) is 41.5 Å². The minimum Gasteiger partial charge on any atom is -0.352 e. The Hall–Kier alpha value is -0.160. The lowest BCUT2D eigenvalue weighted by Gasteiger charge is -2.42. The molecule has 0 bridgehead atoms. The Morgan fingerprint density at radius 1 is 0.550 bits per heavy atom. The van der Waals surface area contributed by atoms with Gasteiger partial charge in [-0.05, 0) is 0 Å². The molecule has 0 saturated carbocycles. The van der Waals surface area contributed by atoms with Crippen LogP contribution in [0.5, 0.6) is 0 Å². The first kappa shape index (κ1) is 16.2. The van der Waals surface area contributed by atoms with Gasteiger partial charge in [0.1, 0.15) is 0 Å². The normalized spacial score (nSPS) is 36.9. The fourth-order valence-corrected chi connectivity index (χ4v) is 2.58. The van der Waals surface area contributed by atoms with Gasteiger partial charge in [0.25, 0.3) is 0 Å². The minimum atomic E-state index is -0.105. The average molecular weight is 286 g/mol. The molecule has 0 spiro atoms. The molecular weight excluding hydrogens is 256 g/mol. The molecule has 4 heteroatoms. The standard InChI is InChI=1S/C16H30O4/c1-15(2,3)13-17-7-11(8-18-13)12-9-19-14(20-10-12)16(4,5)6/h11-14H,7-10H2,1-6H3. The highest BCUT2D eigenvalue weighted by molar-refractivity contribution is 4.79. The van der Waals surface area contributed by atoms with E-state index >= 15 is 0 Å². The van der Waals surface area contributed by atoms with Crippen molar-refractivity contribution in [3.63, 3.8) is 0 Å². The quantitative estimate of drug-likeness (QED) is 0.742. The molecule has 0 aliphatic carbocycles. The van der Waals surface area contributed by atoms with Crippen molar-refractivity contribution >= 4 is 0 Å². The van der Waals surface area contributed by atoms with E-state index in [1.165, 1.54) is 0 Å². The third-order valence-electron chi connectivity index (χ3n) is 3.93. The minimum absolute atomic E-state index is 0.0296. The molecule has 0 unspecified atom stereocenters. The van der Waals surface area contributed by atoms with Crippen molar-refractivity contribution < 1.29 is 18.9 Å². The molecule has 2 rings (SSSR count). The van der Waals surface area contributed by atoms with E-state index in [1.54, 1.807) is 0 Å². The number of hydrogen-bond acceptors (Lipinski definition) is 4. The van der Waals surface area contributed by atoms with Crippen LogP contribution in [0.4, 0.5) is 0 Å². The molecule has 0 atom stereocenters. The smallest absolute Gasteiger partial charge is 0.162 e. The van der Waals surface area contributed by atoms with Gasteiger partial charge < -0.3 is 18.9 Å². The van der Waals surface area contributed by atoms with E-state index in [9.17, 15) is 0 Å². The molecular formula is C16H30O4. The monoisotopic (exact) mass is 286 g/mol. The largest absolute Gasteiger partial charge is 0.352 e. The van der Waals surface area contributed by atoms with Crippen LogP contribution in [0.3, 0.4) is 0 Å². The van der Waals surface area contributed by atoms with Crippen LogP contribution >= 0.6 is 0 Å². The number of hydrogen-bond donors (Lipinski definition) is 0. The van der Waals surface area contributed by atoms with Gasteiger partial charge in [0, 0.05) is 22.7 Å². The summed E-state index contributed by atoms with van der Waals surface area (Å²) in [6.07, 6.45) is -0.210. The van der Waals surface area contributed by atoms with Crippen molar-refractivity contribution in [2.24, 2.45) is 22.7 Å². The molecule has 0 aromatic rings. The highest BCUT2D eigenvalue weighted by atomic mass is 16.7. The molecule has 2 heterocycles. The van der Waals surface area contributed by atoms with Crippen LogP contribution in [-0.2, 0) is 18.9 Å². The van der Waals surface area contributed by atoms with Gasteiger partial charge in [-0.15, -0.1) is 0 Å². The second-order valence-electron chi connectivity index (χ2n) is 8.25. The Morgan fingerprint density at radius 2 is 0.800 bits per heavy atom. The van der Waals surface area contributed by atoms with E-state index < -0.39 is 0 Å². The van der Waals surface area contributed by atoms with Crippen LogP contribution in [0.1, 0.15) is 41.5 Å². The Morgan fingerprint density at radius 3 is 1.00 bits per heavy atom. The van der Waals surface area contributed by atoms with Crippen LogP contribution in [0.15, 0.2) is 0 Å². The lowest BCUT2D eigenvalue weighted by Crippen LogP contribution is -2.47. The average Bonchev–Trinajstić information content (AvgIpc) is 2.37. The summed E-state index contributed by atoms with van der Waals surface area (Å²) < 4.78 is 23.5. The third-order valence-corrected chi connectivity index (χ3v) is 3.93. The van der Waals surface area contributed by atoms with Crippen molar-refractivity contribution in [1.82, 2.24) is 0 Å². The second-order valence-corrected chi connectivity index (χ2v) is 8.25. The van der Waals surface area contributed by atoms with Crippen molar-refractivity contribution in [1.29, 1.82) is 0 Å². The fraction of sp³-hybridized carbons (Fsp3) is 1.00. The predicted molar refractivity (Wildman–Crippen MR) is 77.3 cm³/mol.